The lowest BCUT2D eigenvalue weighted by Gasteiger charge is -2.01. The molecule has 1 aromatic rings. The molecule has 2 N–H and O–H groups in total. The van der Waals surface area contributed by atoms with Gasteiger partial charge in [0.15, 0.2) is 0 Å². The smallest absolute Gasteiger partial charge is 0.293 e. The first kappa shape index (κ1) is 9.74. The quantitative estimate of drug-likeness (QED) is 0.682. The molecule has 1 rings (SSSR count). The summed E-state index contributed by atoms with van der Waals surface area (Å²) in [4.78, 5) is 9.91. The van der Waals surface area contributed by atoms with Crippen LogP contribution in [0, 0.1) is 0 Å². The van der Waals surface area contributed by atoms with Crippen molar-refractivity contribution in [1.82, 2.24) is 0 Å². The van der Waals surface area contributed by atoms with E-state index in [1.165, 1.54) is 5.56 Å². The molecule has 0 atom stereocenters. The summed E-state index contributed by atoms with van der Waals surface area (Å²) in [6.45, 7) is 1.45. The third-order valence-electron chi connectivity index (χ3n) is 1.77. The number of nitrogens with two attached hydrogens (primary N) is 1. The topological polar surface area (TPSA) is 52.3 Å². The van der Waals surface area contributed by atoms with Gasteiger partial charge in [0.1, 0.15) is 6.61 Å². The summed E-state index contributed by atoms with van der Waals surface area (Å²) in [6, 6.07) is 7.87. The zero-order valence-electron chi connectivity index (χ0n) is 7.40. The third kappa shape index (κ3) is 3.25. The second-order valence-corrected chi connectivity index (χ2v) is 2.76. The molecule has 13 heavy (non-hydrogen) atoms. The minimum atomic E-state index is 0.340. The number of hydrogen-bond acceptors (Lipinski definition) is 3. The molecule has 0 aromatic heterocycles. The molecule has 0 radical (unpaired) electrons. The fourth-order valence-electron chi connectivity index (χ4n) is 1.10. The fourth-order valence-corrected chi connectivity index (χ4v) is 1.10. The van der Waals surface area contributed by atoms with Gasteiger partial charge in [0.25, 0.3) is 6.47 Å². The molecule has 0 unspecified atom stereocenters. The highest BCUT2D eigenvalue weighted by molar-refractivity contribution is 5.37. The first-order valence-corrected chi connectivity index (χ1v) is 4.20. The maximum Gasteiger partial charge on any atom is 0.293 e. The van der Waals surface area contributed by atoms with Crippen LogP contribution in [0.2, 0.25) is 0 Å². The molecular weight excluding hydrogens is 166 g/mol. The van der Waals surface area contributed by atoms with Gasteiger partial charge in [0.2, 0.25) is 0 Å². The Morgan fingerprint density at radius 1 is 1.23 bits per heavy atom. The maximum absolute atomic E-state index is 9.91. The van der Waals surface area contributed by atoms with Crippen molar-refractivity contribution >= 4 is 6.47 Å². The Hall–Kier alpha value is -1.35. The molecule has 0 bridgehead atoms. The van der Waals surface area contributed by atoms with E-state index in [1.807, 2.05) is 24.3 Å². The lowest BCUT2D eigenvalue weighted by Crippen LogP contribution is -2.02. The van der Waals surface area contributed by atoms with Gasteiger partial charge < -0.3 is 10.5 Å². The zero-order chi connectivity index (χ0) is 9.52. The van der Waals surface area contributed by atoms with E-state index >= 15 is 0 Å². The Labute approximate surface area is 77.5 Å². The van der Waals surface area contributed by atoms with Crippen LogP contribution in [0.15, 0.2) is 24.3 Å². The van der Waals surface area contributed by atoms with Gasteiger partial charge in [-0.2, -0.15) is 0 Å². The van der Waals surface area contributed by atoms with E-state index in [2.05, 4.69) is 4.74 Å². The summed E-state index contributed by atoms with van der Waals surface area (Å²) in [7, 11) is 0. The van der Waals surface area contributed by atoms with Crippen LogP contribution in [0.4, 0.5) is 0 Å². The second-order valence-electron chi connectivity index (χ2n) is 2.76. The zero-order valence-corrected chi connectivity index (χ0v) is 7.40. The van der Waals surface area contributed by atoms with Crippen LogP contribution < -0.4 is 5.73 Å². The van der Waals surface area contributed by atoms with Crippen LogP contribution in [0.3, 0.4) is 0 Å². The minimum Gasteiger partial charge on any atom is -0.463 e. The predicted molar refractivity (Wildman–Crippen MR) is 50.1 cm³/mol. The summed E-state index contributed by atoms with van der Waals surface area (Å²) >= 11 is 0. The molecule has 0 saturated carbocycles. The molecule has 0 saturated heterocycles. The van der Waals surface area contributed by atoms with Crippen LogP contribution in [0.1, 0.15) is 11.1 Å². The summed E-state index contributed by atoms with van der Waals surface area (Å²) in [6.07, 6.45) is 0.884. The summed E-state index contributed by atoms with van der Waals surface area (Å²) in [5, 5.41) is 0. The van der Waals surface area contributed by atoms with Crippen molar-refractivity contribution in [2.45, 2.75) is 13.0 Å². The largest absolute Gasteiger partial charge is 0.463 e. The van der Waals surface area contributed by atoms with Crippen molar-refractivity contribution in [2.24, 2.45) is 5.73 Å². The van der Waals surface area contributed by atoms with Crippen molar-refractivity contribution in [2.75, 3.05) is 6.54 Å². The minimum absolute atomic E-state index is 0.340. The van der Waals surface area contributed by atoms with Gasteiger partial charge in [0.05, 0.1) is 0 Å². The number of rotatable bonds is 5. The summed E-state index contributed by atoms with van der Waals surface area (Å²) < 4.78 is 4.61. The first-order chi connectivity index (χ1) is 6.36. The number of carbonyl (C=O) groups is 1. The van der Waals surface area contributed by atoms with E-state index < -0.39 is 0 Å². The van der Waals surface area contributed by atoms with E-state index in [0.29, 0.717) is 19.6 Å². The molecule has 0 fully saturated rings. The van der Waals surface area contributed by atoms with Crippen molar-refractivity contribution in [3.05, 3.63) is 35.4 Å². The number of hydrogen-bond donors (Lipinski definition) is 1. The van der Waals surface area contributed by atoms with E-state index in [-0.39, 0.29) is 0 Å². The van der Waals surface area contributed by atoms with Crippen LogP contribution in [0.25, 0.3) is 0 Å². The fraction of sp³-hybridized carbons (Fsp3) is 0.300. The van der Waals surface area contributed by atoms with Crippen LogP contribution in [-0.4, -0.2) is 13.0 Å². The lowest BCUT2D eigenvalue weighted by molar-refractivity contribution is -0.129. The van der Waals surface area contributed by atoms with Gasteiger partial charge in [0, 0.05) is 0 Å². The standard InChI is InChI=1S/C10H13NO2/c11-6-5-9-1-3-10(4-2-9)7-13-8-12/h1-4,8H,5-7,11H2. The second kappa shape index (κ2) is 5.32. The van der Waals surface area contributed by atoms with Crippen LogP contribution in [0.5, 0.6) is 0 Å². The monoisotopic (exact) mass is 179 g/mol. The summed E-state index contributed by atoms with van der Waals surface area (Å²) in [5.41, 5.74) is 7.61. The van der Waals surface area contributed by atoms with Gasteiger partial charge in [-0.15, -0.1) is 0 Å². The first-order valence-electron chi connectivity index (χ1n) is 4.20. The Kier molecular flexibility index (Phi) is 3.99. The number of ether oxygens (including phenoxy) is 1. The van der Waals surface area contributed by atoms with Gasteiger partial charge in [-0.25, -0.2) is 0 Å². The van der Waals surface area contributed by atoms with Crippen molar-refractivity contribution in [3.8, 4) is 0 Å². The van der Waals surface area contributed by atoms with E-state index in [1.54, 1.807) is 0 Å². The van der Waals surface area contributed by atoms with Crippen molar-refractivity contribution < 1.29 is 9.53 Å². The van der Waals surface area contributed by atoms with E-state index in [9.17, 15) is 4.79 Å². The molecule has 0 aliphatic carbocycles. The average Bonchev–Trinajstić information content (AvgIpc) is 2.17. The molecule has 0 heterocycles. The average molecular weight is 179 g/mol. The maximum atomic E-state index is 9.91. The van der Waals surface area contributed by atoms with Gasteiger partial charge in [-0.05, 0) is 24.1 Å². The molecular formula is C10H13NO2. The molecule has 3 heteroatoms. The Morgan fingerprint density at radius 2 is 1.85 bits per heavy atom. The highest BCUT2D eigenvalue weighted by Gasteiger charge is 1.93. The molecule has 0 aliphatic heterocycles. The third-order valence-corrected chi connectivity index (χ3v) is 1.77. The van der Waals surface area contributed by atoms with Gasteiger partial charge >= 0.3 is 0 Å². The van der Waals surface area contributed by atoms with Crippen LogP contribution >= 0.6 is 0 Å². The van der Waals surface area contributed by atoms with Crippen LogP contribution in [-0.2, 0) is 22.6 Å². The van der Waals surface area contributed by atoms with Crippen molar-refractivity contribution in [1.29, 1.82) is 0 Å². The Bertz CT molecular complexity index is 256. The molecule has 1 aromatic carbocycles. The van der Waals surface area contributed by atoms with E-state index in [4.69, 9.17) is 5.73 Å². The van der Waals surface area contributed by atoms with Gasteiger partial charge in [-0.1, -0.05) is 24.3 Å². The molecule has 3 nitrogen and oxygen atoms in total. The number of carbonyl (C=O) groups excluding carboxylic acids is 1. The normalized spacial score (nSPS) is 9.62. The molecule has 0 amide bonds. The SMILES string of the molecule is NCCc1ccc(COC=O)cc1. The Balaban J connectivity index is 2.53. The number of benzene rings is 1. The van der Waals surface area contributed by atoms with Crippen molar-refractivity contribution in [3.63, 3.8) is 0 Å². The Morgan fingerprint density at radius 3 is 2.38 bits per heavy atom. The van der Waals surface area contributed by atoms with Gasteiger partial charge in [-0.3, -0.25) is 4.79 Å². The molecule has 0 aliphatic rings. The molecule has 0 spiro atoms. The lowest BCUT2D eigenvalue weighted by atomic mass is 10.1. The predicted octanol–water partition coefficient (Wildman–Crippen LogP) is 0.861. The highest BCUT2D eigenvalue weighted by atomic mass is 16.5. The molecule has 70 valence electrons. The highest BCUT2D eigenvalue weighted by Crippen LogP contribution is 2.05. The summed E-state index contributed by atoms with van der Waals surface area (Å²) in [5.74, 6) is 0. The van der Waals surface area contributed by atoms with E-state index in [0.717, 1.165) is 12.0 Å².